The molecule has 0 saturated heterocycles. The third-order valence-electron chi connectivity index (χ3n) is 3.07. The van der Waals surface area contributed by atoms with Crippen LogP contribution in [0.25, 0.3) is 16.9 Å². The highest BCUT2D eigenvalue weighted by Crippen LogP contribution is 2.22. The van der Waals surface area contributed by atoms with Crippen molar-refractivity contribution in [1.29, 1.82) is 0 Å². The largest absolute Gasteiger partial charge is 0.481 e. The van der Waals surface area contributed by atoms with Crippen molar-refractivity contribution in [2.24, 2.45) is 0 Å². The number of imidazole rings is 1. The summed E-state index contributed by atoms with van der Waals surface area (Å²) >= 11 is 5.40. The monoisotopic (exact) mass is 271 g/mol. The molecule has 2 aromatic heterocycles. The molecule has 0 aliphatic heterocycles. The number of fused-ring (bicyclic) bond motifs is 1. The number of hydrogen-bond donors (Lipinski definition) is 1. The van der Waals surface area contributed by atoms with Crippen molar-refractivity contribution in [3.8, 4) is 11.6 Å². The van der Waals surface area contributed by atoms with Crippen LogP contribution < -0.4 is 4.74 Å². The highest BCUT2D eigenvalue weighted by Gasteiger charge is 2.10. The number of pyridine rings is 1. The van der Waals surface area contributed by atoms with Gasteiger partial charge in [0.15, 0.2) is 10.4 Å². The number of hydrogen-bond acceptors (Lipinski definition) is 3. The zero-order valence-corrected chi connectivity index (χ0v) is 11.5. The van der Waals surface area contributed by atoms with E-state index < -0.39 is 0 Å². The van der Waals surface area contributed by atoms with Crippen LogP contribution in [-0.2, 0) is 0 Å². The second kappa shape index (κ2) is 4.51. The Balaban J connectivity index is 2.37. The summed E-state index contributed by atoms with van der Waals surface area (Å²) in [5.41, 5.74) is 3.84. The topological polar surface area (TPSA) is 42.8 Å². The van der Waals surface area contributed by atoms with Gasteiger partial charge in [0, 0.05) is 6.07 Å². The van der Waals surface area contributed by atoms with E-state index in [1.54, 1.807) is 7.11 Å². The Morgan fingerprint density at radius 2 is 2.00 bits per heavy atom. The van der Waals surface area contributed by atoms with Crippen LogP contribution in [-0.4, -0.2) is 21.6 Å². The van der Waals surface area contributed by atoms with E-state index in [1.807, 2.05) is 34.9 Å². The molecule has 0 saturated carbocycles. The first-order valence-corrected chi connectivity index (χ1v) is 6.33. The predicted molar refractivity (Wildman–Crippen MR) is 77.5 cm³/mol. The number of aromatic amines is 1. The van der Waals surface area contributed by atoms with Crippen LogP contribution in [0.4, 0.5) is 0 Å². The smallest absolute Gasteiger partial charge is 0.215 e. The number of methoxy groups -OCH3 is 1. The average molecular weight is 271 g/mol. The SMILES string of the molecule is COc1ccc2[nH]c(=S)n(-c3ccccc3C)c2n1. The van der Waals surface area contributed by atoms with Crippen molar-refractivity contribution in [3.63, 3.8) is 0 Å². The number of nitrogens with zero attached hydrogens (tertiary/aromatic N) is 2. The molecule has 19 heavy (non-hydrogen) atoms. The third-order valence-corrected chi connectivity index (χ3v) is 3.36. The van der Waals surface area contributed by atoms with E-state index in [4.69, 9.17) is 17.0 Å². The van der Waals surface area contributed by atoms with Crippen LogP contribution in [0.15, 0.2) is 36.4 Å². The number of para-hydroxylation sites is 1. The maximum absolute atomic E-state index is 5.40. The fourth-order valence-electron chi connectivity index (χ4n) is 2.12. The van der Waals surface area contributed by atoms with Crippen molar-refractivity contribution in [3.05, 3.63) is 46.7 Å². The molecule has 3 aromatic rings. The maximum atomic E-state index is 5.40. The van der Waals surface area contributed by atoms with Crippen molar-refractivity contribution in [2.45, 2.75) is 6.92 Å². The maximum Gasteiger partial charge on any atom is 0.215 e. The molecule has 1 N–H and O–H groups in total. The minimum absolute atomic E-state index is 0.573. The Bertz CT molecular complexity index is 804. The molecule has 96 valence electrons. The molecule has 5 heteroatoms. The van der Waals surface area contributed by atoms with Gasteiger partial charge in [-0.1, -0.05) is 18.2 Å². The first kappa shape index (κ1) is 11.9. The standard InChI is InChI=1S/C14H13N3OS/c1-9-5-3-4-6-11(9)17-13-10(15-14(17)19)7-8-12(16-13)18-2/h3-8H,1-2H3,(H,15,19). The van der Waals surface area contributed by atoms with Gasteiger partial charge in [-0.05, 0) is 36.8 Å². The lowest BCUT2D eigenvalue weighted by molar-refractivity contribution is 0.399. The number of H-pyrrole nitrogens is 1. The molecule has 0 amide bonds. The molecule has 0 spiro atoms. The molecule has 0 fully saturated rings. The zero-order valence-electron chi connectivity index (χ0n) is 10.7. The fourth-order valence-corrected chi connectivity index (χ4v) is 2.41. The minimum Gasteiger partial charge on any atom is -0.481 e. The highest BCUT2D eigenvalue weighted by atomic mass is 32.1. The minimum atomic E-state index is 0.573. The van der Waals surface area contributed by atoms with Crippen LogP contribution in [0.5, 0.6) is 5.88 Å². The first-order valence-electron chi connectivity index (χ1n) is 5.92. The summed E-state index contributed by atoms with van der Waals surface area (Å²) in [7, 11) is 1.60. The summed E-state index contributed by atoms with van der Waals surface area (Å²) < 4.78 is 7.74. The molecule has 0 unspecified atom stereocenters. The molecule has 3 rings (SSSR count). The summed E-state index contributed by atoms with van der Waals surface area (Å²) in [6.45, 7) is 2.05. The van der Waals surface area contributed by atoms with Gasteiger partial charge in [-0.25, -0.2) is 0 Å². The van der Waals surface area contributed by atoms with Crippen LogP contribution in [0, 0.1) is 11.7 Å². The Morgan fingerprint density at radius 1 is 1.21 bits per heavy atom. The molecule has 2 heterocycles. The van der Waals surface area contributed by atoms with E-state index in [9.17, 15) is 0 Å². The van der Waals surface area contributed by atoms with Crippen molar-refractivity contribution in [1.82, 2.24) is 14.5 Å². The van der Waals surface area contributed by atoms with Gasteiger partial charge in [-0.2, -0.15) is 4.98 Å². The second-order valence-corrected chi connectivity index (χ2v) is 4.66. The molecule has 0 radical (unpaired) electrons. The lowest BCUT2D eigenvalue weighted by atomic mass is 10.2. The summed E-state index contributed by atoms with van der Waals surface area (Å²) in [5.74, 6) is 0.573. The predicted octanol–water partition coefficient (Wildman–Crippen LogP) is 3.40. The molecular formula is C14H13N3OS. The molecule has 1 aromatic carbocycles. The first-order chi connectivity index (χ1) is 9.20. The summed E-state index contributed by atoms with van der Waals surface area (Å²) in [5, 5.41) is 0. The molecular weight excluding hydrogens is 258 g/mol. The number of ether oxygens (including phenoxy) is 1. The fraction of sp³-hybridized carbons (Fsp3) is 0.143. The Labute approximate surface area is 115 Å². The second-order valence-electron chi connectivity index (χ2n) is 4.28. The van der Waals surface area contributed by atoms with Gasteiger partial charge in [0.25, 0.3) is 0 Å². The summed E-state index contributed by atoms with van der Waals surface area (Å²) in [4.78, 5) is 7.64. The number of nitrogens with one attached hydrogen (secondary N) is 1. The number of aryl methyl sites for hydroxylation is 1. The highest BCUT2D eigenvalue weighted by molar-refractivity contribution is 7.71. The quantitative estimate of drug-likeness (QED) is 0.726. The van der Waals surface area contributed by atoms with Crippen molar-refractivity contribution in [2.75, 3.05) is 7.11 Å². The van der Waals surface area contributed by atoms with E-state index in [1.165, 1.54) is 0 Å². The van der Waals surface area contributed by atoms with E-state index in [0.717, 1.165) is 22.4 Å². The van der Waals surface area contributed by atoms with Gasteiger partial charge in [-0.15, -0.1) is 0 Å². The molecule has 0 aliphatic carbocycles. The van der Waals surface area contributed by atoms with Crippen molar-refractivity contribution >= 4 is 23.4 Å². The molecule has 0 bridgehead atoms. The summed E-state index contributed by atoms with van der Waals surface area (Å²) in [6.07, 6.45) is 0. The lowest BCUT2D eigenvalue weighted by Gasteiger charge is -2.07. The van der Waals surface area contributed by atoms with Gasteiger partial charge in [-0.3, -0.25) is 4.57 Å². The number of rotatable bonds is 2. The Kier molecular flexibility index (Phi) is 2.83. The lowest BCUT2D eigenvalue weighted by Crippen LogP contribution is -1.98. The molecule has 4 nitrogen and oxygen atoms in total. The normalized spacial score (nSPS) is 10.8. The van der Waals surface area contributed by atoms with Crippen LogP contribution in [0.3, 0.4) is 0 Å². The van der Waals surface area contributed by atoms with E-state index in [0.29, 0.717) is 10.7 Å². The van der Waals surface area contributed by atoms with E-state index >= 15 is 0 Å². The zero-order chi connectivity index (χ0) is 13.4. The van der Waals surface area contributed by atoms with E-state index in [-0.39, 0.29) is 0 Å². The number of aromatic nitrogens is 3. The van der Waals surface area contributed by atoms with Gasteiger partial charge >= 0.3 is 0 Å². The van der Waals surface area contributed by atoms with E-state index in [2.05, 4.69) is 23.0 Å². The molecule has 0 aliphatic rings. The van der Waals surface area contributed by atoms with Gasteiger partial charge in [0.2, 0.25) is 5.88 Å². The molecule has 0 atom stereocenters. The van der Waals surface area contributed by atoms with Crippen molar-refractivity contribution < 1.29 is 4.74 Å². The van der Waals surface area contributed by atoms with Crippen LogP contribution >= 0.6 is 12.2 Å². The van der Waals surface area contributed by atoms with Crippen LogP contribution in [0.1, 0.15) is 5.56 Å². The van der Waals surface area contributed by atoms with Gasteiger partial charge < -0.3 is 9.72 Å². The van der Waals surface area contributed by atoms with Gasteiger partial charge in [0.05, 0.1) is 18.3 Å². The average Bonchev–Trinajstić information content (AvgIpc) is 2.74. The Morgan fingerprint density at radius 3 is 2.74 bits per heavy atom. The van der Waals surface area contributed by atoms with Gasteiger partial charge in [0.1, 0.15) is 0 Å². The Hall–Kier alpha value is -2.14. The summed E-state index contributed by atoms with van der Waals surface area (Å²) in [6, 6.07) is 11.8. The van der Waals surface area contributed by atoms with Crippen LogP contribution in [0.2, 0.25) is 0 Å². The number of benzene rings is 1. The third kappa shape index (κ3) is 1.92.